The average molecular weight is 408 g/mol. The summed E-state index contributed by atoms with van der Waals surface area (Å²) in [6, 6.07) is 6.20. The maximum Gasteiger partial charge on any atom is 0.137 e. The highest BCUT2D eigenvalue weighted by atomic mass is 35.5. The van der Waals surface area contributed by atoms with Gasteiger partial charge in [-0.05, 0) is 34.7 Å². The second-order valence-electron chi connectivity index (χ2n) is 4.44. The quantitative estimate of drug-likeness (QED) is 0.428. The zero-order chi connectivity index (χ0) is 17.4. The van der Waals surface area contributed by atoms with Crippen molar-refractivity contribution in [3.05, 3.63) is 44.4 Å². The lowest BCUT2D eigenvalue weighted by atomic mass is 10.3. The van der Waals surface area contributed by atoms with Gasteiger partial charge in [-0.2, -0.15) is 0 Å². The molecule has 4 rings (SSSR count). The largest absolute Gasteiger partial charge is 0.410 e. The Hall–Kier alpha value is -2.00. The van der Waals surface area contributed by atoms with E-state index in [1.165, 1.54) is 6.07 Å². The number of nitrogens with zero attached hydrogens (tertiary/aromatic N) is 6. The molecular weight excluding hydrogens is 402 g/mol. The number of hydrogen-bond acceptors (Lipinski definition) is 6. The first-order chi connectivity index (χ1) is 11.4. The molecule has 2 N–H and O–H groups in total. The van der Waals surface area contributed by atoms with E-state index in [0.29, 0.717) is 51.8 Å². The Morgan fingerprint density at radius 3 is 2.12 bits per heavy atom. The van der Waals surface area contributed by atoms with Crippen LogP contribution in [0.3, 0.4) is 0 Å². The highest BCUT2D eigenvalue weighted by molar-refractivity contribution is 6.45. The summed E-state index contributed by atoms with van der Waals surface area (Å²) >= 11 is 22.9. The van der Waals surface area contributed by atoms with E-state index in [4.69, 9.17) is 56.8 Å². The van der Waals surface area contributed by atoms with Crippen LogP contribution in [0.25, 0.3) is 22.1 Å². The fourth-order valence-corrected chi connectivity index (χ4v) is 2.49. The van der Waals surface area contributed by atoms with Crippen LogP contribution in [0.15, 0.2) is 24.3 Å². The van der Waals surface area contributed by atoms with E-state index < -0.39 is 0 Å². The van der Waals surface area contributed by atoms with Crippen molar-refractivity contribution in [2.45, 2.75) is 0 Å². The smallest absolute Gasteiger partial charge is 0.137 e. The lowest BCUT2D eigenvalue weighted by Crippen LogP contribution is -1.91. The molecule has 0 saturated heterocycles. The molecule has 0 aliphatic carbocycles. The van der Waals surface area contributed by atoms with E-state index in [2.05, 4.69) is 20.6 Å². The minimum absolute atomic E-state index is 0.300. The number of aromatic nitrogens is 6. The van der Waals surface area contributed by atoms with Gasteiger partial charge in [-0.3, -0.25) is 0 Å². The van der Waals surface area contributed by atoms with Gasteiger partial charge in [-0.25, -0.2) is 0 Å². The van der Waals surface area contributed by atoms with E-state index in [0.717, 1.165) is 0 Å². The Morgan fingerprint density at radius 1 is 0.750 bits per heavy atom. The van der Waals surface area contributed by atoms with Crippen LogP contribution in [0.4, 0.5) is 0 Å². The van der Waals surface area contributed by atoms with Crippen LogP contribution in [0.2, 0.25) is 20.1 Å². The Kier molecular flexibility index (Phi) is 4.55. The Bertz CT molecular complexity index is 1040. The molecule has 0 radical (unpaired) electrons. The topological polar surface area (TPSA) is 102 Å². The third kappa shape index (κ3) is 3.01. The summed E-state index contributed by atoms with van der Waals surface area (Å²) in [4.78, 5) is 1.30. The summed E-state index contributed by atoms with van der Waals surface area (Å²) in [5.41, 5.74) is 1.77. The van der Waals surface area contributed by atoms with Gasteiger partial charge in [0.25, 0.3) is 0 Å². The molecule has 2 heterocycles. The highest BCUT2D eigenvalue weighted by Crippen LogP contribution is 2.28. The van der Waals surface area contributed by atoms with E-state index in [1.54, 1.807) is 18.2 Å². The first kappa shape index (κ1) is 16.8. The molecule has 0 bridgehead atoms. The summed E-state index contributed by atoms with van der Waals surface area (Å²) in [6.07, 6.45) is 0. The molecule has 0 amide bonds. The molecule has 0 aliphatic heterocycles. The molecule has 0 atom stereocenters. The molecule has 4 aromatic rings. The van der Waals surface area contributed by atoms with E-state index in [9.17, 15) is 0 Å². The molecule has 0 spiro atoms. The van der Waals surface area contributed by atoms with Crippen LogP contribution in [-0.4, -0.2) is 40.7 Å². The second kappa shape index (κ2) is 6.48. The average Bonchev–Trinajstić information content (AvgIpc) is 3.09. The van der Waals surface area contributed by atoms with Gasteiger partial charge in [0.15, 0.2) is 0 Å². The van der Waals surface area contributed by atoms with Crippen molar-refractivity contribution in [3.63, 3.8) is 0 Å². The lowest BCUT2D eigenvalue weighted by molar-refractivity contribution is 0.154. The van der Waals surface area contributed by atoms with Crippen LogP contribution in [0.5, 0.6) is 0 Å². The van der Waals surface area contributed by atoms with Crippen molar-refractivity contribution in [2.75, 3.05) is 0 Å². The van der Waals surface area contributed by atoms with Crippen molar-refractivity contribution in [1.29, 1.82) is 0 Å². The van der Waals surface area contributed by atoms with Crippen molar-refractivity contribution >= 4 is 68.5 Å². The number of benzene rings is 2. The number of fused-ring (bicyclic) bond motifs is 2. The second-order valence-corrected chi connectivity index (χ2v) is 6.04. The van der Waals surface area contributed by atoms with E-state index >= 15 is 0 Å². The van der Waals surface area contributed by atoms with Gasteiger partial charge in [0.05, 0.1) is 20.1 Å². The van der Waals surface area contributed by atoms with Crippen molar-refractivity contribution in [3.8, 4) is 0 Å². The van der Waals surface area contributed by atoms with Crippen LogP contribution < -0.4 is 0 Å². The fraction of sp³-hybridized carbons (Fsp3) is 0. The normalized spacial score (nSPS) is 10.8. The van der Waals surface area contributed by atoms with Crippen molar-refractivity contribution < 1.29 is 10.4 Å². The van der Waals surface area contributed by atoms with Gasteiger partial charge in [0, 0.05) is 0 Å². The van der Waals surface area contributed by atoms with Crippen LogP contribution in [0, 0.1) is 0 Å². The van der Waals surface area contributed by atoms with Gasteiger partial charge in [-0.15, -0.1) is 10.2 Å². The molecule has 0 fully saturated rings. The third-order valence-electron chi connectivity index (χ3n) is 2.96. The number of halogens is 4. The Morgan fingerprint density at radius 2 is 1.38 bits per heavy atom. The first-order valence-electron chi connectivity index (χ1n) is 6.17. The predicted octanol–water partition coefficient (Wildman–Crippen LogP) is 3.95. The highest BCUT2D eigenvalue weighted by Gasteiger charge is 2.09. The monoisotopic (exact) mass is 406 g/mol. The summed E-state index contributed by atoms with van der Waals surface area (Å²) in [5, 5.41) is 33.6. The van der Waals surface area contributed by atoms with Crippen LogP contribution in [-0.2, 0) is 0 Å². The molecule has 124 valence electrons. The molecule has 2 aromatic carbocycles. The predicted molar refractivity (Wildman–Crippen MR) is 89.5 cm³/mol. The molecule has 24 heavy (non-hydrogen) atoms. The Balaban J connectivity index is 0.000000141. The molecule has 8 nitrogen and oxygen atoms in total. The van der Waals surface area contributed by atoms with Gasteiger partial charge in [0.1, 0.15) is 22.1 Å². The van der Waals surface area contributed by atoms with Crippen molar-refractivity contribution in [2.24, 2.45) is 0 Å². The van der Waals surface area contributed by atoms with Gasteiger partial charge < -0.3 is 10.4 Å². The maximum atomic E-state index is 9.07. The standard InChI is InChI=1S/2C6H3Cl2N3O/c7-3-1-5-6(2-4(3)8)11(12)10-9-5;7-3-1-2-4-6(5(3)8)9-10-11(4)12/h2*1-2,12H. The molecule has 0 aliphatic rings. The SMILES string of the molecule is On1nnc2c(Cl)c(Cl)ccc21.On1nnc2cc(Cl)c(Cl)cc21. The van der Waals surface area contributed by atoms with Gasteiger partial charge in [0.2, 0.25) is 0 Å². The number of hydrogen-bond donors (Lipinski definition) is 2. The van der Waals surface area contributed by atoms with E-state index in [-0.39, 0.29) is 0 Å². The van der Waals surface area contributed by atoms with Crippen LogP contribution >= 0.6 is 46.4 Å². The molecule has 0 unspecified atom stereocenters. The third-order valence-corrected chi connectivity index (χ3v) is 4.48. The Labute approximate surface area is 153 Å². The summed E-state index contributed by atoms with van der Waals surface area (Å²) in [5.74, 6) is 0. The molecule has 12 heteroatoms. The minimum atomic E-state index is 0.300. The van der Waals surface area contributed by atoms with Crippen molar-refractivity contribution in [1.82, 2.24) is 30.3 Å². The first-order valence-corrected chi connectivity index (χ1v) is 7.68. The number of rotatable bonds is 0. The molecule has 2 aromatic heterocycles. The molecular formula is C12H6Cl4N6O2. The summed E-state index contributed by atoms with van der Waals surface area (Å²) in [6.45, 7) is 0. The van der Waals surface area contributed by atoms with Gasteiger partial charge >= 0.3 is 0 Å². The minimum Gasteiger partial charge on any atom is -0.410 e. The summed E-state index contributed by atoms with van der Waals surface area (Å²) in [7, 11) is 0. The van der Waals surface area contributed by atoms with Crippen LogP contribution in [0.1, 0.15) is 0 Å². The fourth-order valence-electron chi connectivity index (χ4n) is 1.83. The summed E-state index contributed by atoms with van der Waals surface area (Å²) < 4.78 is 0. The zero-order valence-electron chi connectivity index (χ0n) is 11.4. The lowest BCUT2D eigenvalue weighted by Gasteiger charge is -1.94. The molecule has 0 saturated carbocycles. The maximum absolute atomic E-state index is 9.07. The zero-order valence-corrected chi connectivity index (χ0v) is 14.4. The van der Waals surface area contributed by atoms with E-state index in [1.807, 2.05) is 0 Å². The van der Waals surface area contributed by atoms with Gasteiger partial charge in [-0.1, -0.05) is 56.1 Å².